The molecule has 0 atom stereocenters. The van der Waals surface area contributed by atoms with Crippen molar-refractivity contribution in [1.29, 1.82) is 0 Å². The number of carbonyl (C=O) groups is 2. The second-order valence-corrected chi connectivity index (χ2v) is 6.14. The topological polar surface area (TPSA) is 73.9 Å². The monoisotopic (exact) mass is 355 g/mol. The Morgan fingerprint density at radius 2 is 1.62 bits per heavy atom. The minimum Gasteiger partial charge on any atom is -0.493 e. The van der Waals surface area contributed by atoms with Crippen LogP contribution in [0.15, 0.2) is 30.3 Å². The van der Waals surface area contributed by atoms with E-state index < -0.39 is 0 Å². The fourth-order valence-corrected chi connectivity index (χ4v) is 3.15. The molecular weight excluding hydrogens is 334 g/mol. The number of amides is 1. The quantitative estimate of drug-likeness (QED) is 0.826. The molecule has 0 aliphatic carbocycles. The molecule has 26 heavy (non-hydrogen) atoms. The second kappa shape index (κ2) is 7.47. The van der Waals surface area contributed by atoms with Gasteiger partial charge in [0.15, 0.2) is 11.5 Å². The van der Waals surface area contributed by atoms with Crippen LogP contribution in [0.1, 0.15) is 16.7 Å². The molecule has 1 N–H and O–H groups in total. The van der Waals surface area contributed by atoms with Gasteiger partial charge in [0.1, 0.15) is 5.78 Å². The van der Waals surface area contributed by atoms with Crippen molar-refractivity contribution in [1.82, 2.24) is 0 Å². The summed E-state index contributed by atoms with van der Waals surface area (Å²) in [5.74, 6) is 1.60. The molecule has 1 aliphatic heterocycles. The van der Waals surface area contributed by atoms with Gasteiger partial charge in [-0.15, -0.1) is 0 Å². The molecule has 136 valence electrons. The molecule has 3 rings (SSSR count). The third kappa shape index (κ3) is 3.64. The van der Waals surface area contributed by atoms with Gasteiger partial charge in [0.2, 0.25) is 11.7 Å². The van der Waals surface area contributed by atoms with Crippen LogP contribution in [0.25, 0.3) is 0 Å². The van der Waals surface area contributed by atoms with E-state index >= 15 is 0 Å². The molecule has 1 amide bonds. The number of hydrogen-bond acceptors (Lipinski definition) is 5. The average molecular weight is 355 g/mol. The summed E-state index contributed by atoms with van der Waals surface area (Å²) >= 11 is 0. The molecule has 0 spiro atoms. The first-order valence-electron chi connectivity index (χ1n) is 8.26. The molecule has 1 aliphatic rings. The maximum absolute atomic E-state index is 12.5. The lowest BCUT2D eigenvalue weighted by Crippen LogP contribution is -2.07. The van der Waals surface area contributed by atoms with Crippen molar-refractivity contribution in [3.63, 3.8) is 0 Å². The number of ketones is 1. The largest absolute Gasteiger partial charge is 0.493 e. The van der Waals surface area contributed by atoms with E-state index in [4.69, 9.17) is 14.2 Å². The molecule has 2 aromatic carbocycles. The van der Waals surface area contributed by atoms with E-state index in [0.29, 0.717) is 30.1 Å². The summed E-state index contributed by atoms with van der Waals surface area (Å²) in [6.07, 6.45) is 0.924. The number of carbonyl (C=O) groups excluding carboxylic acids is 2. The van der Waals surface area contributed by atoms with E-state index in [1.807, 2.05) is 18.2 Å². The maximum Gasteiger partial charge on any atom is 0.228 e. The maximum atomic E-state index is 12.5. The third-order valence-electron chi connectivity index (χ3n) is 4.32. The van der Waals surface area contributed by atoms with Gasteiger partial charge in [0.25, 0.3) is 0 Å². The Morgan fingerprint density at radius 3 is 2.23 bits per heavy atom. The van der Waals surface area contributed by atoms with Crippen LogP contribution in [0.2, 0.25) is 0 Å². The van der Waals surface area contributed by atoms with Gasteiger partial charge in [-0.25, -0.2) is 0 Å². The van der Waals surface area contributed by atoms with Gasteiger partial charge in [0.05, 0.1) is 27.8 Å². The number of hydrogen-bond donors (Lipinski definition) is 1. The molecule has 0 saturated heterocycles. The summed E-state index contributed by atoms with van der Waals surface area (Å²) in [6.45, 7) is 0. The first-order valence-corrected chi connectivity index (χ1v) is 8.26. The standard InChI is InChI=1S/C20H21NO5/c1-24-17-9-13(10-18(25-2)20(17)26-3)8-15(22)7-12-4-5-16-14(6-12)11-19(23)21-16/h4-6,9-10H,7-8,11H2,1-3H3,(H,21,23). The Bertz CT molecular complexity index is 834. The van der Waals surface area contributed by atoms with E-state index in [1.165, 1.54) is 0 Å². The summed E-state index contributed by atoms with van der Waals surface area (Å²) < 4.78 is 15.9. The zero-order chi connectivity index (χ0) is 18.7. The molecular formula is C20H21NO5. The van der Waals surface area contributed by atoms with Crippen LogP contribution in [0.5, 0.6) is 17.2 Å². The van der Waals surface area contributed by atoms with Crippen LogP contribution < -0.4 is 19.5 Å². The number of rotatable bonds is 7. The number of Topliss-reactive ketones (excluding diaryl/α,β-unsaturated/α-hetero) is 1. The van der Waals surface area contributed by atoms with Crippen molar-refractivity contribution >= 4 is 17.4 Å². The summed E-state index contributed by atoms with van der Waals surface area (Å²) in [6, 6.07) is 9.20. The van der Waals surface area contributed by atoms with Crippen LogP contribution in [-0.2, 0) is 28.9 Å². The number of ether oxygens (including phenoxy) is 3. The number of benzene rings is 2. The summed E-state index contributed by atoms with van der Waals surface area (Å²) in [5.41, 5.74) is 3.46. The molecule has 0 bridgehead atoms. The average Bonchev–Trinajstić information content (AvgIpc) is 2.99. The van der Waals surface area contributed by atoms with Gasteiger partial charge in [-0.05, 0) is 34.9 Å². The Kier molecular flexibility index (Phi) is 5.11. The van der Waals surface area contributed by atoms with Crippen molar-refractivity contribution in [3.8, 4) is 17.2 Å². The molecule has 6 heteroatoms. The van der Waals surface area contributed by atoms with Gasteiger partial charge in [0, 0.05) is 18.5 Å². The molecule has 1 heterocycles. The van der Waals surface area contributed by atoms with Crippen LogP contribution >= 0.6 is 0 Å². The van der Waals surface area contributed by atoms with Gasteiger partial charge in [-0.3, -0.25) is 9.59 Å². The summed E-state index contributed by atoms with van der Waals surface area (Å²) in [4.78, 5) is 23.9. The number of fused-ring (bicyclic) bond motifs is 1. The van der Waals surface area contributed by atoms with Crippen molar-refractivity contribution in [2.75, 3.05) is 26.6 Å². The van der Waals surface area contributed by atoms with Gasteiger partial charge < -0.3 is 19.5 Å². The highest BCUT2D eigenvalue weighted by Gasteiger charge is 2.19. The van der Waals surface area contributed by atoms with Gasteiger partial charge >= 0.3 is 0 Å². The molecule has 0 unspecified atom stereocenters. The SMILES string of the molecule is COc1cc(CC(=O)Cc2ccc3c(c2)CC(=O)N3)cc(OC)c1OC. The fourth-order valence-electron chi connectivity index (χ4n) is 3.15. The van der Waals surface area contributed by atoms with Crippen molar-refractivity contribution in [2.45, 2.75) is 19.3 Å². The zero-order valence-electron chi connectivity index (χ0n) is 15.0. The lowest BCUT2D eigenvalue weighted by atomic mass is 10.00. The predicted octanol–water partition coefficient (Wildman–Crippen LogP) is 2.56. The van der Waals surface area contributed by atoms with Gasteiger partial charge in [-0.1, -0.05) is 12.1 Å². The first kappa shape index (κ1) is 17.8. The minimum absolute atomic E-state index is 0.0131. The lowest BCUT2D eigenvalue weighted by molar-refractivity contribution is -0.118. The Balaban J connectivity index is 1.74. The third-order valence-corrected chi connectivity index (χ3v) is 4.32. The Morgan fingerprint density at radius 1 is 0.962 bits per heavy atom. The molecule has 2 aromatic rings. The van der Waals surface area contributed by atoms with Crippen molar-refractivity contribution < 1.29 is 23.8 Å². The number of methoxy groups -OCH3 is 3. The first-order chi connectivity index (χ1) is 12.5. The van der Waals surface area contributed by atoms with Crippen molar-refractivity contribution in [3.05, 3.63) is 47.0 Å². The Labute approximate surface area is 152 Å². The van der Waals surface area contributed by atoms with Gasteiger partial charge in [-0.2, -0.15) is 0 Å². The molecule has 0 aromatic heterocycles. The van der Waals surface area contributed by atoms with E-state index in [9.17, 15) is 9.59 Å². The van der Waals surface area contributed by atoms with E-state index in [1.54, 1.807) is 33.5 Å². The normalized spacial score (nSPS) is 12.3. The van der Waals surface area contributed by atoms with Crippen LogP contribution in [0, 0.1) is 0 Å². The van der Waals surface area contributed by atoms with Crippen LogP contribution in [0.3, 0.4) is 0 Å². The number of nitrogens with one attached hydrogen (secondary N) is 1. The van der Waals surface area contributed by atoms with Crippen LogP contribution in [-0.4, -0.2) is 33.0 Å². The highest BCUT2D eigenvalue weighted by molar-refractivity contribution is 5.99. The number of anilines is 1. The molecule has 0 saturated carbocycles. The van der Waals surface area contributed by atoms with E-state index in [0.717, 1.165) is 22.4 Å². The van der Waals surface area contributed by atoms with E-state index in [2.05, 4.69) is 5.32 Å². The molecule has 0 fully saturated rings. The molecule has 6 nitrogen and oxygen atoms in total. The van der Waals surface area contributed by atoms with E-state index in [-0.39, 0.29) is 18.1 Å². The summed E-state index contributed by atoms with van der Waals surface area (Å²) in [5, 5.41) is 2.79. The smallest absolute Gasteiger partial charge is 0.228 e. The summed E-state index contributed by atoms with van der Waals surface area (Å²) in [7, 11) is 4.63. The highest BCUT2D eigenvalue weighted by atomic mass is 16.5. The van der Waals surface area contributed by atoms with Crippen molar-refractivity contribution in [2.24, 2.45) is 0 Å². The lowest BCUT2D eigenvalue weighted by Gasteiger charge is -2.14. The minimum atomic E-state index is -0.0131. The molecule has 0 radical (unpaired) electrons. The Hall–Kier alpha value is -3.02. The second-order valence-electron chi connectivity index (χ2n) is 6.14. The fraction of sp³-hybridized carbons (Fsp3) is 0.300. The zero-order valence-corrected chi connectivity index (χ0v) is 15.0. The predicted molar refractivity (Wildman–Crippen MR) is 97.3 cm³/mol. The highest BCUT2D eigenvalue weighted by Crippen LogP contribution is 2.38. The van der Waals surface area contributed by atoms with Crippen LogP contribution in [0.4, 0.5) is 5.69 Å².